The zero-order chi connectivity index (χ0) is 71.5. The van der Waals surface area contributed by atoms with Crippen molar-refractivity contribution in [2.45, 2.75) is 104 Å². The Morgan fingerprint density at radius 3 is 1.17 bits per heavy atom. The van der Waals surface area contributed by atoms with Crippen molar-refractivity contribution in [3.63, 3.8) is 0 Å². The van der Waals surface area contributed by atoms with Gasteiger partial charge in [-0.3, -0.25) is 14.4 Å². The molecule has 0 aliphatic heterocycles. The SMILES string of the molecule is CCn1c(C(C)(O)c2ccc(C)cc2)nc2ccc(C(=O)Nc3cccc(C)c3)nc21.CCn1c(C(O)(c2ccc(F)cc2)C(F)(F)F)nc2ccc(C(=O)Nc3cccc(C)c3)cc21.CCn1c(C(O)(c2ccc(F)cc2)C(F)(F)F)nc2ccc(C(=O)Nc3cccc(C)c3)nc21. The molecule has 0 aliphatic rings. The van der Waals surface area contributed by atoms with Gasteiger partial charge in [-0.25, -0.2) is 33.7 Å². The minimum absolute atomic E-state index is 0.000760. The molecule has 17 nitrogen and oxygen atoms in total. The van der Waals surface area contributed by atoms with Crippen molar-refractivity contribution in [3.8, 4) is 0 Å². The van der Waals surface area contributed by atoms with Crippen LogP contribution >= 0.6 is 0 Å². The molecule has 12 rings (SSSR count). The van der Waals surface area contributed by atoms with E-state index in [1.54, 1.807) is 69.3 Å². The molecule has 0 radical (unpaired) electrons. The fourth-order valence-corrected chi connectivity index (χ4v) is 11.4. The van der Waals surface area contributed by atoms with E-state index < -0.39 is 75.4 Å². The monoisotopic (exact) mass is 1360 g/mol. The molecule has 0 fully saturated rings. The lowest BCUT2D eigenvalue weighted by molar-refractivity contribution is -0.252. The molecule has 12 aromatic rings. The van der Waals surface area contributed by atoms with E-state index in [-0.39, 0.29) is 52.5 Å². The van der Waals surface area contributed by atoms with Crippen LogP contribution in [0.25, 0.3) is 33.4 Å². The summed E-state index contributed by atoms with van der Waals surface area (Å²) in [5, 5.41) is 41.7. The molecule has 7 aromatic carbocycles. The number of nitrogens with zero attached hydrogens (tertiary/aromatic N) is 8. The number of hydrogen-bond donors (Lipinski definition) is 6. The second-order valence-electron chi connectivity index (χ2n) is 23.7. The minimum Gasteiger partial charge on any atom is -0.377 e. The average Bonchev–Trinajstić information content (AvgIpc) is 1.65. The number of rotatable bonds is 15. The zero-order valence-electron chi connectivity index (χ0n) is 54.7. The Labute approximate surface area is 562 Å². The molecular weight excluding hydrogens is 1290 g/mol. The van der Waals surface area contributed by atoms with E-state index in [9.17, 15) is 64.8 Å². The number of aryl methyl sites for hydroxylation is 7. The number of halogens is 8. The van der Waals surface area contributed by atoms with Crippen molar-refractivity contribution in [2.24, 2.45) is 0 Å². The largest absolute Gasteiger partial charge is 0.428 e. The van der Waals surface area contributed by atoms with Crippen LogP contribution in [0, 0.1) is 39.3 Å². The van der Waals surface area contributed by atoms with Crippen LogP contribution in [0.5, 0.6) is 0 Å². The van der Waals surface area contributed by atoms with Gasteiger partial charge >= 0.3 is 12.4 Å². The number of aliphatic hydroxyl groups is 3. The topological polar surface area (TPSA) is 227 Å². The number of pyridine rings is 2. The van der Waals surface area contributed by atoms with Crippen LogP contribution < -0.4 is 16.0 Å². The summed E-state index contributed by atoms with van der Waals surface area (Å²) in [5.41, 5.74) is -0.637. The molecule has 6 N–H and O–H groups in total. The molecule has 0 saturated carbocycles. The number of alkyl halides is 6. The van der Waals surface area contributed by atoms with Crippen LogP contribution in [-0.2, 0) is 36.4 Å². The summed E-state index contributed by atoms with van der Waals surface area (Å²) < 4.78 is 116. The normalized spacial score (nSPS) is 13.5. The third kappa shape index (κ3) is 14.5. The summed E-state index contributed by atoms with van der Waals surface area (Å²) in [4.78, 5) is 59.9. The summed E-state index contributed by atoms with van der Waals surface area (Å²) in [5.74, 6) is -3.66. The highest BCUT2D eigenvalue weighted by atomic mass is 19.4. The van der Waals surface area contributed by atoms with E-state index in [0.717, 1.165) is 86.6 Å². The van der Waals surface area contributed by atoms with Crippen LogP contribution in [0.4, 0.5) is 52.2 Å². The number of carbonyl (C=O) groups is 3. The summed E-state index contributed by atoms with van der Waals surface area (Å²) in [6.45, 7) is 15.2. The Hall–Kier alpha value is -11.0. The third-order valence-corrected chi connectivity index (χ3v) is 16.5. The summed E-state index contributed by atoms with van der Waals surface area (Å²) >= 11 is 0. The second-order valence-corrected chi connectivity index (χ2v) is 23.7. The van der Waals surface area contributed by atoms with E-state index in [0.29, 0.717) is 40.6 Å². The van der Waals surface area contributed by atoms with Gasteiger partial charge in [-0.05, 0) is 181 Å². The van der Waals surface area contributed by atoms with Gasteiger partial charge in [0, 0.05) is 53.4 Å². The summed E-state index contributed by atoms with van der Waals surface area (Å²) in [6.07, 6.45) is -10.3. The smallest absolute Gasteiger partial charge is 0.377 e. The first-order valence-corrected chi connectivity index (χ1v) is 31.2. The van der Waals surface area contributed by atoms with Gasteiger partial charge in [0.15, 0.2) is 22.9 Å². The number of nitrogens with one attached hydrogen (secondary N) is 3. The first-order chi connectivity index (χ1) is 46.9. The Bertz CT molecular complexity index is 4760. The maximum Gasteiger partial charge on any atom is 0.428 e. The van der Waals surface area contributed by atoms with E-state index in [1.165, 1.54) is 34.9 Å². The maximum atomic E-state index is 14.2. The highest BCUT2D eigenvalue weighted by Gasteiger charge is 2.60. The molecule has 5 heterocycles. The summed E-state index contributed by atoms with van der Waals surface area (Å²) in [6, 6.07) is 46.9. The lowest BCUT2D eigenvalue weighted by Crippen LogP contribution is -2.45. The molecule has 5 aromatic heterocycles. The van der Waals surface area contributed by atoms with E-state index in [2.05, 4.69) is 40.9 Å². The minimum atomic E-state index is -5.18. The standard InChI is InChI=1S/C25H21F4N3O2.C25H26N4O2.C24H20F4N4O2/c1-3-32-21-14-16(22(33)30-19-6-4-5-15(2)13-19)7-12-20(21)31-23(32)24(34,25(27,28)29)17-8-10-18(26)11-9-17;1-5-29-22-20(28-24(29)25(4,31)18-11-9-16(2)10-12-18)13-14-21(27-22)23(30)26-19-8-6-7-17(3)15-19;1-3-32-20-18(11-12-19(30-20)21(33)29-17-6-4-5-14(2)13-17)31-22(32)23(34,24(26,27)28)15-7-9-16(25)10-8-15/h4-14,34H,3H2,1-2H3,(H,30,33);6-15,31H,5H2,1-4H3,(H,26,30);4-13,34H,3H2,1-2H3,(H,29,33). The number of amides is 3. The van der Waals surface area contributed by atoms with E-state index in [1.807, 2.05) is 99.8 Å². The Balaban J connectivity index is 0.000000161. The van der Waals surface area contributed by atoms with Gasteiger partial charge in [-0.1, -0.05) is 90.5 Å². The van der Waals surface area contributed by atoms with Crippen molar-refractivity contribution in [2.75, 3.05) is 16.0 Å². The lowest BCUT2D eigenvalue weighted by Gasteiger charge is -2.30. The molecular formula is C74H67F8N11O6. The predicted octanol–water partition coefficient (Wildman–Crippen LogP) is 15.1. The van der Waals surface area contributed by atoms with Gasteiger partial charge in [-0.15, -0.1) is 0 Å². The molecule has 99 heavy (non-hydrogen) atoms. The van der Waals surface area contributed by atoms with Gasteiger partial charge in [0.25, 0.3) is 17.7 Å². The van der Waals surface area contributed by atoms with Crippen LogP contribution in [-0.4, -0.2) is 84.0 Å². The average molecular weight is 1360 g/mol. The van der Waals surface area contributed by atoms with Gasteiger partial charge in [-0.2, -0.15) is 26.3 Å². The number of imidazole rings is 3. The van der Waals surface area contributed by atoms with Crippen molar-refractivity contribution in [1.29, 1.82) is 0 Å². The van der Waals surface area contributed by atoms with Crippen molar-refractivity contribution in [1.82, 2.24) is 38.6 Å². The number of aromatic nitrogens is 8. The van der Waals surface area contributed by atoms with Gasteiger partial charge in [0.1, 0.15) is 45.5 Å². The van der Waals surface area contributed by atoms with Crippen LogP contribution in [0.15, 0.2) is 188 Å². The number of fused-ring (bicyclic) bond motifs is 3. The Morgan fingerprint density at radius 1 is 0.404 bits per heavy atom. The zero-order valence-corrected chi connectivity index (χ0v) is 54.7. The second kappa shape index (κ2) is 28.2. The summed E-state index contributed by atoms with van der Waals surface area (Å²) in [7, 11) is 0. The molecule has 3 amide bonds. The van der Waals surface area contributed by atoms with Crippen molar-refractivity contribution < 1.29 is 64.8 Å². The van der Waals surface area contributed by atoms with Gasteiger partial charge in [0.2, 0.25) is 11.2 Å². The molecule has 510 valence electrons. The fraction of sp³-hybridized carbons (Fsp3) is 0.216. The van der Waals surface area contributed by atoms with Crippen molar-refractivity contribution in [3.05, 3.63) is 273 Å². The van der Waals surface area contributed by atoms with Gasteiger partial charge in [0.05, 0.1) is 11.0 Å². The molecule has 0 bridgehead atoms. The Kier molecular flexibility index (Phi) is 20.2. The number of benzene rings is 7. The quantitative estimate of drug-likeness (QED) is 0.0529. The van der Waals surface area contributed by atoms with Crippen molar-refractivity contribution >= 4 is 68.1 Å². The predicted molar refractivity (Wildman–Crippen MR) is 360 cm³/mol. The fourth-order valence-electron chi connectivity index (χ4n) is 11.4. The van der Waals surface area contributed by atoms with Crippen LogP contribution in [0.1, 0.15) is 115 Å². The highest BCUT2D eigenvalue weighted by Crippen LogP contribution is 2.46. The lowest BCUT2D eigenvalue weighted by atomic mass is 9.92. The molecule has 0 aliphatic carbocycles. The van der Waals surface area contributed by atoms with Gasteiger partial charge < -0.3 is 45.0 Å². The molecule has 3 unspecified atom stereocenters. The van der Waals surface area contributed by atoms with E-state index in [4.69, 9.17) is 0 Å². The van der Waals surface area contributed by atoms with Crippen LogP contribution in [0.2, 0.25) is 0 Å². The first-order valence-electron chi connectivity index (χ1n) is 31.2. The van der Waals surface area contributed by atoms with Crippen LogP contribution in [0.3, 0.4) is 0 Å². The third-order valence-electron chi connectivity index (χ3n) is 16.5. The number of hydrogen-bond acceptors (Lipinski definition) is 11. The first kappa shape index (κ1) is 70.8. The molecule has 0 saturated heterocycles. The highest BCUT2D eigenvalue weighted by molar-refractivity contribution is 6.06. The number of anilines is 3. The molecule has 0 spiro atoms. The molecule has 25 heteroatoms. The number of carbonyl (C=O) groups excluding carboxylic acids is 3. The Morgan fingerprint density at radius 2 is 0.768 bits per heavy atom. The molecule has 3 atom stereocenters. The van der Waals surface area contributed by atoms with E-state index >= 15 is 0 Å². The maximum absolute atomic E-state index is 14.2.